The number of ether oxygens (including phenoxy) is 1. The first-order chi connectivity index (χ1) is 6.63. The molecule has 0 spiro atoms. The van der Waals surface area contributed by atoms with Crippen molar-refractivity contribution in [1.29, 1.82) is 0 Å². The lowest BCUT2D eigenvalue weighted by molar-refractivity contribution is -0.123. The molecule has 14 heavy (non-hydrogen) atoms. The zero-order valence-electron chi connectivity index (χ0n) is 9.17. The van der Waals surface area contributed by atoms with Gasteiger partial charge in [0.1, 0.15) is 0 Å². The topological polar surface area (TPSA) is 50.4 Å². The van der Waals surface area contributed by atoms with E-state index in [1.54, 1.807) is 7.11 Å². The Kier molecular flexibility index (Phi) is 4.35. The molecular formula is C10H20N2O2. The number of amides is 1. The second kappa shape index (κ2) is 5.32. The number of nitrogens with one attached hydrogen (secondary N) is 2. The van der Waals surface area contributed by atoms with Crippen LogP contribution < -0.4 is 10.6 Å². The highest BCUT2D eigenvalue weighted by molar-refractivity contribution is 5.76. The maximum absolute atomic E-state index is 11.5. The fourth-order valence-electron chi connectivity index (χ4n) is 1.68. The van der Waals surface area contributed by atoms with E-state index in [1.165, 1.54) is 0 Å². The van der Waals surface area contributed by atoms with E-state index in [-0.39, 0.29) is 18.1 Å². The number of carbonyl (C=O) groups is 1. The van der Waals surface area contributed by atoms with Gasteiger partial charge in [0.2, 0.25) is 5.91 Å². The van der Waals surface area contributed by atoms with Gasteiger partial charge >= 0.3 is 0 Å². The Bertz CT molecular complexity index is 195. The number of carbonyl (C=O) groups excluding carboxylic acids is 1. The molecular weight excluding hydrogens is 180 g/mol. The van der Waals surface area contributed by atoms with Crippen molar-refractivity contribution >= 4 is 5.91 Å². The van der Waals surface area contributed by atoms with Crippen molar-refractivity contribution in [3.05, 3.63) is 0 Å². The van der Waals surface area contributed by atoms with Gasteiger partial charge in [0.05, 0.1) is 12.1 Å². The zero-order chi connectivity index (χ0) is 10.6. The molecule has 1 heterocycles. The van der Waals surface area contributed by atoms with E-state index in [1.807, 2.05) is 13.8 Å². The maximum atomic E-state index is 11.5. The maximum Gasteiger partial charge on any atom is 0.220 e. The van der Waals surface area contributed by atoms with Crippen molar-refractivity contribution in [3.63, 3.8) is 0 Å². The van der Waals surface area contributed by atoms with Gasteiger partial charge in [-0.3, -0.25) is 4.79 Å². The van der Waals surface area contributed by atoms with Gasteiger partial charge in [0.25, 0.3) is 0 Å². The zero-order valence-corrected chi connectivity index (χ0v) is 9.17. The van der Waals surface area contributed by atoms with E-state index in [2.05, 4.69) is 10.6 Å². The van der Waals surface area contributed by atoms with E-state index < -0.39 is 0 Å². The van der Waals surface area contributed by atoms with Gasteiger partial charge in [-0.25, -0.2) is 0 Å². The van der Waals surface area contributed by atoms with Crippen LogP contribution in [0.4, 0.5) is 0 Å². The van der Waals surface area contributed by atoms with Crippen LogP contribution in [0.25, 0.3) is 0 Å². The summed E-state index contributed by atoms with van der Waals surface area (Å²) in [6, 6.07) is 0.131. The lowest BCUT2D eigenvalue weighted by Crippen LogP contribution is -2.43. The van der Waals surface area contributed by atoms with E-state index >= 15 is 0 Å². The van der Waals surface area contributed by atoms with E-state index in [0.717, 1.165) is 13.1 Å². The van der Waals surface area contributed by atoms with Crippen LogP contribution >= 0.6 is 0 Å². The van der Waals surface area contributed by atoms with Crippen LogP contribution in [0.3, 0.4) is 0 Å². The summed E-state index contributed by atoms with van der Waals surface area (Å²) in [6.07, 6.45) is 0.707. The Hall–Kier alpha value is -0.610. The first-order valence-electron chi connectivity index (χ1n) is 5.16. The Balaban J connectivity index is 2.32. The molecule has 0 aromatic heterocycles. The second-order valence-corrected chi connectivity index (χ2v) is 4.20. The Morgan fingerprint density at radius 2 is 2.29 bits per heavy atom. The smallest absolute Gasteiger partial charge is 0.220 e. The third-order valence-corrected chi connectivity index (χ3v) is 2.40. The first-order valence-corrected chi connectivity index (χ1v) is 5.16. The van der Waals surface area contributed by atoms with E-state index in [4.69, 9.17) is 4.74 Å². The largest absolute Gasteiger partial charge is 0.378 e. The van der Waals surface area contributed by atoms with Crippen molar-refractivity contribution in [2.24, 2.45) is 5.92 Å². The first kappa shape index (κ1) is 11.5. The molecule has 1 aliphatic heterocycles. The standard InChI is InChI=1S/C10H20N2O2/c1-7(2)4-10(13)12-8-5-11-6-9(8)14-3/h7-9,11H,4-6H2,1-3H3,(H,12,13)/t8?,9-/m0/s1. The molecule has 0 radical (unpaired) electrons. The van der Waals surface area contributed by atoms with E-state index in [0.29, 0.717) is 12.3 Å². The molecule has 0 saturated carbocycles. The Morgan fingerprint density at radius 3 is 2.86 bits per heavy atom. The molecule has 1 fully saturated rings. The summed E-state index contributed by atoms with van der Waals surface area (Å²) in [5, 5.41) is 6.18. The summed E-state index contributed by atoms with van der Waals surface area (Å²) in [5.41, 5.74) is 0. The third kappa shape index (κ3) is 3.27. The van der Waals surface area contributed by atoms with Gasteiger partial charge in [-0.05, 0) is 5.92 Å². The van der Waals surface area contributed by atoms with Gasteiger partial charge in [0, 0.05) is 26.6 Å². The average molecular weight is 200 g/mol. The molecule has 1 saturated heterocycles. The van der Waals surface area contributed by atoms with Crippen LogP contribution in [-0.4, -0.2) is 38.3 Å². The normalized spacial score (nSPS) is 26.9. The van der Waals surface area contributed by atoms with Crippen LogP contribution in [0.15, 0.2) is 0 Å². The minimum Gasteiger partial charge on any atom is -0.378 e. The minimum absolute atomic E-state index is 0.117. The van der Waals surface area contributed by atoms with Gasteiger partial charge < -0.3 is 15.4 Å². The molecule has 1 unspecified atom stereocenters. The fraction of sp³-hybridized carbons (Fsp3) is 0.900. The summed E-state index contributed by atoms with van der Waals surface area (Å²) in [6.45, 7) is 5.71. The highest BCUT2D eigenvalue weighted by Gasteiger charge is 2.27. The summed E-state index contributed by atoms with van der Waals surface area (Å²) in [4.78, 5) is 11.5. The lowest BCUT2D eigenvalue weighted by Gasteiger charge is -2.19. The quantitative estimate of drug-likeness (QED) is 0.678. The molecule has 2 atom stereocenters. The van der Waals surface area contributed by atoms with Crippen molar-refractivity contribution in [1.82, 2.24) is 10.6 Å². The predicted octanol–water partition coefficient (Wildman–Crippen LogP) is 0.135. The summed E-state index contributed by atoms with van der Waals surface area (Å²) < 4.78 is 5.25. The van der Waals surface area contributed by atoms with Crippen LogP contribution in [0.2, 0.25) is 0 Å². The monoisotopic (exact) mass is 200 g/mol. The molecule has 1 aliphatic rings. The Morgan fingerprint density at radius 1 is 1.57 bits per heavy atom. The summed E-state index contributed by atoms with van der Waals surface area (Å²) in [7, 11) is 1.68. The SMILES string of the molecule is CO[C@H]1CNCC1NC(=O)CC(C)C. The summed E-state index contributed by atoms with van der Waals surface area (Å²) in [5.74, 6) is 0.529. The predicted molar refractivity (Wildman–Crippen MR) is 55.1 cm³/mol. The van der Waals surface area contributed by atoms with Crippen molar-refractivity contribution < 1.29 is 9.53 Å². The summed E-state index contributed by atoms with van der Waals surface area (Å²) >= 11 is 0. The molecule has 1 rings (SSSR count). The Labute approximate surface area is 85.4 Å². The highest BCUT2D eigenvalue weighted by atomic mass is 16.5. The minimum atomic E-state index is 0.117. The van der Waals surface area contributed by atoms with Crippen LogP contribution in [0, 0.1) is 5.92 Å². The molecule has 82 valence electrons. The highest BCUT2D eigenvalue weighted by Crippen LogP contribution is 2.05. The average Bonchev–Trinajstić information content (AvgIpc) is 2.50. The number of hydrogen-bond acceptors (Lipinski definition) is 3. The molecule has 4 heteroatoms. The van der Waals surface area contributed by atoms with E-state index in [9.17, 15) is 4.79 Å². The van der Waals surface area contributed by atoms with Gasteiger partial charge in [-0.2, -0.15) is 0 Å². The molecule has 1 amide bonds. The van der Waals surface area contributed by atoms with Crippen LogP contribution in [0.5, 0.6) is 0 Å². The third-order valence-electron chi connectivity index (χ3n) is 2.40. The number of hydrogen-bond donors (Lipinski definition) is 2. The molecule has 2 N–H and O–H groups in total. The van der Waals surface area contributed by atoms with Crippen LogP contribution in [0.1, 0.15) is 20.3 Å². The molecule has 0 bridgehead atoms. The molecule has 0 aliphatic carbocycles. The molecule has 4 nitrogen and oxygen atoms in total. The van der Waals surface area contributed by atoms with Gasteiger partial charge in [-0.1, -0.05) is 13.8 Å². The van der Waals surface area contributed by atoms with Crippen molar-refractivity contribution in [3.8, 4) is 0 Å². The number of rotatable bonds is 4. The van der Waals surface area contributed by atoms with Gasteiger partial charge in [0.15, 0.2) is 0 Å². The molecule has 0 aromatic carbocycles. The second-order valence-electron chi connectivity index (χ2n) is 4.20. The van der Waals surface area contributed by atoms with Crippen molar-refractivity contribution in [2.45, 2.75) is 32.4 Å². The van der Waals surface area contributed by atoms with Crippen molar-refractivity contribution in [2.75, 3.05) is 20.2 Å². The fourth-order valence-corrected chi connectivity index (χ4v) is 1.68. The molecule has 0 aromatic rings. The number of methoxy groups -OCH3 is 1. The lowest BCUT2D eigenvalue weighted by atomic mass is 10.1. The van der Waals surface area contributed by atoms with Crippen LogP contribution in [-0.2, 0) is 9.53 Å². The van der Waals surface area contributed by atoms with Gasteiger partial charge in [-0.15, -0.1) is 0 Å².